The van der Waals surface area contributed by atoms with Crippen LogP contribution in [-0.2, 0) is 23.8 Å². The van der Waals surface area contributed by atoms with Crippen molar-refractivity contribution in [3.05, 3.63) is 12.2 Å². The van der Waals surface area contributed by atoms with Crippen LogP contribution in [-0.4, -0.2) is 42.0 Å². The first-order chi connectivity index (χ1) is 13.4. The lowest BCUT2D eigenvalue weighted by molar-refractivity contribution is -0.487. The highest BCUT2D eigenvalue weighted by atomic mass is 19.4. The average Bonchev–Trinajstić information content (AvgIpc) is 3.04. The van der Waals surface area contributed by atoms with Gasteiger partial charge in [-0.1, -0.05) is 19.4 Å². The van der Waals surface area contributed by atoms with Crippen LogP contribution in [0.15, 0.2) is 12.2 Å². The Morgan fingerprint density at radius 3 is 1.93 bits per heavy atom. The molecule has 2 atom stereocenters. The molecule has 1 aliphatic carbocycles. The Hall–Kier alpha value is -1.71. The molecule has 0 N–H and O–H groups in total. The number of hydrogen-bond acceptors (Lipinski definition) is 5. The molecule has 30 heavy (non-hydrogen) atoms. The van der Waals surface area contributed by atoms with E-state index in [2.05, 4.69) is 11.3 Å². The Bertz CT molecular complexity index is 733. The van der Waals surface area contributed by atoms with Gasteiger partial charge in [0.05, 0.1) is 12.0 Å². The molecule has 0 bridgehead atoms. The first-order valence-electron chi connectivity index (χ1n) is 9.58. The van der Waals surface area contributed by atoms with Crippen molar-refractivity contribution in [2.45, 2.75) is 83.8 Å². The van der Waals surface area contributed by atoms with Crippen molar-refractivity contribution in [1.29, 1.82) is 0 Å². The molecular formula is C20H27F5O5. The molecule has 0 aromatic rings. The maximum Gasteiger partial charge on any atom is 0.462 e. The van der Waals surface area contributed by atoms with Crippen LogP contribution in [0.1, 0.15) is 60.3 Å². The molecule has 5 nitrogen and oxygen atoms in total. The smallest absolute Gasteiger partial charge is 0.449 e. The van der Waals surface area contributed by atoms with Gasteiger partial charge >= 0.3 is 29.8 Å². The Morgan fingerprint density at radius 2 is 1.53 bits per heavy atom. The largest absolute Gasteiger partial charge is 0.462 e. The van der Waals surface area contributed by atoms with E-state index < -0.39 is 52.9 Å². The van der Waals surface area contributed by atoms with E-state index in [0.717, 1.165) is 6.92 Å². The van der Waals surface area contributed by atoms with Crippen molar-refractivity contribution in [2.24, 2.45) is 10.8 Å². The predicted octanol–water partition coefficient (Wildman–Crippen LogP) is 4.94. The number of carbonyl (C=O) groups is 2. The third kappa shape index (κ3) is 3.40. The van der Waals surface area contributed by atoms with Gasteiger partial charge in [-0.2, -0.15) is 22.0 Å². The van der Waals surface area contributed by atoms with Crippen LogP contribution < -0.4 is 0 Å². The Labute approximate surface area is 171 Å². The number of carbonyl (C=O) groups excluding carboxylic acids is 2. The maximum atomic E-state index is 15.9. The highest BCUT2D eigenvalue weighted by Gasteiger charge is 2.87. The van der Waals surface area contributed by atoms with Crippen molar-refractivity contribution in [3.63, 3.8) is 0 Å². The molecule has 1 saturated heterocycles. The zero-order valence-electron chi connectivity index (χ0n) is 17.7. The molecule has 1 aliphatic heterocycles. The van der Waals surface area contributed by atoms with Crippen LogP contribution in [0.2, 0.25) is 0 Å². The molecule has 2 aliphatic rings. The van der Waals surface area contributed by atoms with Crippen LogP contribution >= 0.6 is 0 Å². The molecule has 0 aromatic carbocycles. The average molecular weight is 442 g/mol. The third-order valence-electron chi connectivity index (χ3n) is 6.00. The fourth-order valence-corrected chi connectivity index (χ4v) is 3.93. The van der Waals surface area contributed by atoms with Gasteiger partial charge in [-0.15, -0.1) is 0 Å². The van der Waals surface area contributed by atoms with E-state index in [-0.39, 0.29) is 18.4 Å². The van der Waals surface area contributed by atoms with E-state index in [1.54, 1.807) is 0 Å². The summed E-state index contributed by atoms with van der Waals surface area (Å²) in [5, 5.41) is 0. The van der Waals surface area contributed by atoms with Crippen LogP contribution in [0.5, 0.6) is 0 Å². The topological polar surface area (TPSA) is 61.8 Å². The number of halogens is 5. The zero-order chi connectivity index (χ0) is 23.4. The first kappa shape index (κ1) is 24.6. The van der Waals surface area contributed by atoms with Crippen molar-refractivity contribution in [2.75, 3.05) is 6.61 Å². The molecule has 172 valence electrons. The number of esters is 2. The van der Waals surface area contributed by atoms with Gasteiger partial charge in [-0.3, -0.25) is 4.79 Å². The molecule has 0 radical (unpaired) electrons. The second-order valence-corrected chi connectivity index (χ2v) is 9.31. The number of ether oxygens (including phenoxy) is 3. The summed E-state index contributed by atoms with van der Waals surface area (Å²) >= 11 is 0. The second-order valence-electron chi connectivity index (χ2n) is 9.31. The molecular weight excluding hydrogens is 415 g/mol. The highest BCUT2D eigenvalue weighted by molar-refractivity contribution is 5.87. The summed E-state index contributed by atoms with van der Waals surface area (Å²) in [7, 11) is 0. The summed E-state index contributed by atoms with van der Waals surface area (Å²) in [4.78, 5) is 24.5. The van der Waals surface area contributed by atoms with Crippen molar-refractivity contribution >= 4 is 11.9 Å². The standard InChI is InChI=1S/C20H27F5O5/c1-12(2)13(26)29-16(6)17(9-7-8-10-17)11-28-19(18(16,21)22,20(23,24)25)30-14(27)15(3,4)5/h1,7-11H2,2-6H3. The predicted molar refractivity (Wildman–Crippen MR) is 95.4 cm³/mol. The van der Waals surface area contributed by atoms with Crippen molar-refractivity contribution < 1.29 is 45.8 Å². The summed E-state index contributed by atoms with van der Waals surface area (Å²) in [5.41, 5.74) is -6.32. The van der Waals surface area contributed by atoms with Crippen LogP contribution in [0, 0.1) is 10.8 Å². The van der Waals surface area contributed by atoms with E-state index >= 15 is 8.78 Å². The molecule has 0 amide bonds. The van der Waals surface area contributed by atoms with Gasteiger partial charge < -0.3 is 14.2 Å². The van der Waals surface area contributed by atoms with Gasteiger partial charge in [0.1, 0.15) is 0 Å². The Kier molecular flexibility index (Phi) is 5.87. The molecule has 0 aromatic heterocycles. The normalized spacial score (nSPS) is 30.7. The zero-order valence-corrected chi connectivity index (χ0v) is 17.7. The van der Waals surface area contributed by atoms with E-state index in [0.29, 0.717) is 12.8 Å². The van der Waals surface area contributed by atoms with Crippen LogP contribution in [0.25, 0.3) is 0 Å². The second kappa shape index (κ2) is 7.17. The quantitative estimate of drug-likeness (QED) is 0.352. The van der Waals surface area contributed by atoms with E-state index in [9.17, 15) is 22.8 Å². The Morgan fingerprint density at radius 1 is 1.03 bits per heavy atom. The molecule has 2 fully saturated rings. The fraction of sp³-hybridized carbons (Fsp3) is 0.800. The minimum absolute atomic E-state index is 0.0592. The monoisotopic (exact) mass is 442 g/mol. The summed E-state index contributed by atoms with van der Waals surface area (Å²) in [6.45, 7) is 8.12. The minimum atomic E-state index is -5.81. The summed E-state index contributed by atoms with van der Waals surface area (Å²) in [6.07, 6.45) is -4.80. The first-order valence-corrected chi connectivity index (χ1v) is 9.58. The van der Waals surface area contributed by atoms with Crippen LogP contribution in [0.4, 0.5) is 22.0 Å². The molecule has 2 unspecified atom stereocenters. The van der Waals surface area contributed by atoms with Crippen LogP contribution in [0.3, 0.4) is 0 Å². The van der Waals surface area contributed by atoms with Gasteiger partial charge in [0.25, 0.3) is 0 Å². The van der Waals surface area contributed by atoms with E-state index in [4.69, 9.17) is 9.47 Å². The van der Waals surface area contributed by atoms with Gasteiger partial charge in [0.15, 0.2) is 5.60 Å². The summed E-state index contributed by atoms with van der Waals surface area (Å²) in [5.74, 6) is -12.4. The minimum Gasteiger partial charge on any atom is -0.449 e. The number of rotatable bonds is 3. The van der Waals surface area contributed by atoms with Gasteiger partial charge in [0.2, 0.25) is 0 Å². The lowest BCUT2D eigenvalue weighted by Crippen LogP contribution is -2.79. The molecule has 1 spiro atoms. The van der Waals surface area contributed by atoms with Crippen molar-refractivity contribution in [3.8, 4) is 0 Å². The summed E-state index contributed by atoms with van der Waals surface area (Å²) < 4.78 is 88.4. The molecule has 2 rings (SSSR count). The van der Waals surface area contributed by atoms with Gasteiger partial charge in [0, 0.05) is 11.0 Å². The van der Waals surface area contributed by atoms with Crippen molar-refractivity contribution in [1.82, 2.24) is 0 Å². The summed E-state index contributed by atoms with van der Waals surface area (Å²) in [6, 6.07) is 0. The van der Waals surface area contributed by atoms with Gasteiger partial charge in [-0.05, 0) is 47.5 Å². The Balaban J connectivity index is 2.71. The van der Waals surface area contributed by atoms with Gasteiger partial charge in [-0.25, -0.2) is 4.79 Å². The highest BCUT2D eigenvalue weighted by Crippen LogP contribution is 2.65. The lowest BCUT2D eigenvalue weighted by atomic mass is 9.64. The number of alkyl halides is 5. The molecule has 10 heteroatoms. The SMILES string of the molecule is C=C(C)C(=O)OC1(C)C2(CCCC2)COC(OC(=O)C(C)(C)C)(C(F)(F)F)C1(F)F. The third-order valence-corrected chi connectivity index (χ3v) is 6.00. The molecule has 1 heterocycles. The maximum absolute atomic E-state index is 15.9. The number of hydrogen-bond donors (Lipinski definition) is 0. The van der Waals surface area contributed by atoms with E-state index in [1.807, 2.05) is 0 Å². The van der Waals surface area contributed by atoms with E-state index in [1.165, 1.54) is 27.7 Å². The molecule has 1 saturated carbocycles. The fourth-order valence-electron chi connectivity index (χ4n) is 3.93. The lowest BCUT2D eigenvalue weighted by Gasteiger charge is -2.58.